The minimum Gasteiger partial charge on any atom is -0.371 e. The molecule has 0 saturated carbocycles. The topological polar surface area (TPSA) is 55.1 Å². The quantitative estimate of drug-likeness (QED) is 0.723. The molecule has 3 aromatic rings. The van der Waals surface area contributed by atoms with Crippen LogP contribution in [0.25, 0.3) is 17.0 Å². The summed E-state index contributed by atoms with van der Waals surface area (Å²) < 4.78 is 1.96. The van der Waals surface area contributed by atoms with Crippen molar-refractivity contribution in [3.05, 3.63) is 43.0 Å². The van der Waals surface area contributed by atoms with Gasteiger partial charge in [-0.15, -0.1) is 0 Å². The fourth-order valence-corrected chi connectivity index (χ4v) is 1.76. The molecule has 0 atom stereocenters. The molecule has 0 bridgehead atoms. The van der Waals surface area contributed by atoms with Gasteiger partial charge in [0.2, 0.25) is 0 Å². The Balaban J connectivity index is 2.20. The lowest BCUT2D eigenvalue weighted by Crippen LogP contribution is -1.97. The Bertz CT molecular complexity index is 626. The van der Waals surface area contributed by atoms with E-state index in [4.69, 9.17) is 0 Å². The number of fused-ring (bicyclic) bond motifs is 1. The number of imidazole rings is 1. The molecule has 3 heterocycles. The van der Waals surface area contributed by atoms with Gasteiger partial charge in [0.1, 0.15) is 17.0 Å². The molecule has 5 nitrogen and oxygen atoms in total. The van der Waals surface area contributed by atoms with Crippen molar-refractivity contribution in [2.75, 3.05) is 12.4 Å². The van der Waals surface area contributed by atoms with Crippen molar-refractivity contribution in [2.24, 2.45) is 0 Å². The summed E-state index contributed by atoms with van der Waals surface area (Å²) in [6.45, 7) is 0. The van der Waals surface area contributed by atoms with Crippen molar-refractivity contribution in [3.63, 3.8) is 0 Å². The van der Waals surface area contributed by atoms with Crippen LogP contribution in [0.5, 0.6) is 0 Å². The molecule has 3 rings (SSSR count). The number of hydrogen-bond donors (Lipinski definition) is 1. The summed E-state index contributed by atoms with van der Waals surface area (Å²) in [5, 5.41) is 3.02. The maximum Gasteiger partial charge on any atom is 0.154 e. The number of rotatable bonds is 2. The van der Waals surface area contributed by atoms with E-state index in [1.165, 1.54) is 0 Å². The number of anilines is 1. The highest BCUT2D eigenvalue weighted by Gasteiger charge is 2.10. The van der Waals surface area contributed by atoms with Gasteiger partial charge in [-0.2, -0.15) is 0 Å². The Morgan fingerprint density at radius 2 is 2.06 bits per heavy atom. The zero-order valence-electron chi connectivity index (χ0n) is 9.33. The number of nitrogens with zero attached hydrogens (tertiary/aromatic N) is 4. The SMILES string of the molecule is CNc1nccnc1-c1cn2ccccc2n1. The minimum absolute atomic E-state index is 0.732. The molecule has 0 unspecified atom stereocenters. The molecular weight excluding hydrogens is 214 g/mol. The van der Waals surface area contributed by atoms with E-state index in [0.29, 0.717) is 0 Å². The van der Waals surface area contributed by atoms with Crippen LogP contribution in [0.15, 0.2) is 43.0 Å². The molecule has 0 fully saturated rings. The third-order valence-electron chi connectivity index (χ3n) is 2.54. The Morgan fingerprint density at radius 1 is 1.18 bits per heavy atom. The lowest BCUT2D eigenvalue weighted by molar-refractivity contribution is 1.17. The highest BCUT2D eigenvalue weighted by atomic mass is 15.0. The van der Waals surface area contributed by atoms with Crippen LogP contribution in [0.2, 0.25) is 0 Å². The predicted molar refractivity (Wildman–Crippen MR) is 65.8 cm³/mol. The molecule has 0 saturated heterocycles. The largest absolute Gasteiger partial charge is 0.371 e. The number of nitrogens with one attached hydrogen (secondary N) is 1. The van der Waals surface area contributed by atoms with E-state index in [-0.39, 0.29) is 0 Å². The smallest absolute Gasteiger partial charge is 0.154 e. The molecule has 0 aliphatic carbocycles. The fraction of sp³-hybridized carbons (Fsp3) is 0.0833. The third-order valence-corrected chi connectivity index (χ3v) is 2.54. The first-order chi connectivity index (χ1) is 8.38. The van der Waals surface area contributed by atoms with Crippen LogP contribution in [0.3, 0.4) is 0 Å². The van der Waals surface area contributed by atoms with Gasteiger partial charge in [-0.3, -0.25) is 0 Å². The summed E-state index contributed by atoms with van der Waals surface area (Å²) >= 11 is 0. The second-order valence-electron chi connectivity index (χ2n) is 3.60. The Hall–Kier alpha value is -2.43. The highest BCUT2D eigenvalue weighted by Crippen LogP contribution is 2.22. The molecule has 0 aliphatic heterocycles. The van der Waals surface area contributed by atoms with E-state index in [2.05, 4.69) is 20.3 Å². The van der Waals surface area contributed by atoms with Gasteiger partial charge in [-0.25, -0.2) is 15.0 Å². The molecule has 1 N–H and O–H groups in total. The molecule has 3 aromatic heterocycles. The van der Waals surface area contributed by atoms with Gasteiger partial charge in [0.05, 0.1) is 0 Å². The first kappa shape index (κ1) is 9.77. The predicted octanol–water partition coefficient (Wildman–Crippen LogP) is 1.83. The Kier molecular flexibility index (Phi) is 2.22. The van der Waals surface area contributed by atoms with E-state index in [1.54, 1.807) is 12.4 Å². The Labute approximate surface area is 98.2 Å². The average molecular weight is 225 g/mol. The van der Waals surface area contributed by atoms with E-state index in [1.807, 2.05) is 42.0 Å². The monoisotopic (exact) mass is 225 g/mol. The van der Waals surface area contributed by atoms with Gasteiger partial charge in [0.25, 0.3) is 0 Å². The average Bonchev–Trinajstić information content (AvgIpc) is 2.82. The van der Waals surface area contributed by atoms with E-state index < -0.39 is 0 Å². The van der Waals surface area contributed by atoms with Gasteiger partial charge in [-0.1, -0.05) is 6.07 Å². The van der Waals surface area contributed by atoms with Crippen molar-refractivity contribution in [1.82, 2.24) is 19.4 Å². The summed E-state index contributed by atoms with van der Waals surface area (Å²) in [7, 11) is 1.82. The maximum absolute atomic E-state index is 4.51. The van der Waals surface area contributed by atoms with Crippen molar-refractivity contribution >= 4 is 11.5 Å². The summed E-state index contributed by atoms with van der Waals surface area (Å²) in [5.74, 6) is 0.732. The van der Waals surface area contributed by atoms with Gasteiger partial charge in [0.15, 0.2) is 5.82 Å². The van der Waals surface area contributed by atoms with Crippen LogP contribution in [-0.4, -0.2) is 26.4 Å². The zero-order chi connectivity index (χ0) is 11.7. The van der Waals surface area contributed by atoms with Gasteiger partial charge in [0, 0.05) is 31.8 Å². The van der Waals surface area contributed by atoms with E-state index in [9.17, 15) is 0 Å². The van der Waals surface area contributed by atoms with Crippen LogP contribution in [0.4, 0.5) is 5.82 Å². The standard InChI is InChI=1S/C12H11N5/c1-13-12-11(14-5-6-15-12)9-8-17-7-3-2-4-10(17)16-9/h2-8H,1H3,(H,13,15). The Morgan fingerprint density at radius 3 is 2.88 bits per heavy atom. The summed E-state index contributed by atoms with van der Waals surface area (Å²) in [6.07, 6.45) is 7.23. The lowest BCUT2D eigenvalue weighted by atomic mass is 10.3. The van der Waals surface area contributed by atoms with Crippen molar-refractivity contribution < 1.29 is 0 Å². The van der Waals surface area contributed by atoms with E-state index >= 15 is 0 Å². The van der Waals surface area contributed by atoms with Gasteiger partial charge >= 0.3 is 0 Å². The maximum atomic E-state index is 4.51. The lowest BCUT2D eigenvalue weighted by Gasteiger charge is -2.02. The number of pyridine rings is 1. The second-order valence-corrected chi connectivity index (χ2v) is 3.60. The molecule has 0 spiro atoms. The fourth-order valence-electron chi connectivity index (χ4n) is 1.76. The second kappa shape index (κ2) is 3.86. The molecular formula is C12H11N5. The van der Waals surface area contributed by atoms with Crippen molar-refractivity contribution in [3.8, 4) is 11.4 Å². The number of aromatic nitrogens is 4. The van der Waals surface area contributed by atoms with Gasteiger partial charge < -0.3 is 9.72 Å². The normalized spacial score (nSPS) is 10.6. The molecule has 0 radical (unpaired) electrons. The summed E-state index contributed by atoms with van der Waals surface area (Å²) in [6, 6.07) is 5.88. The summed E-state index contributed by atoms with van der Waals surface area (Å²) in [4.78, 5) is 13.0. The first-order valence-corrected chi connectivity index (χ1v) is 5.31. The van der Waals surface area contributed by atoms with Crippen LogP contribution in [0.1, 0.15) is 0 Å². The van der Waals surface area contributed by atoms with Crippen LogP contribution < -0.4 is 5.32 Å². The molecule has 0 aromatic carbocycles. The van der Waals surface area contributed by atoms with Crippen LogP contribution in [-0.2, 0) is 0 Å². The van der Waals surface area contributed by atoms with Crippen molar-refractivity contribution in [1.29, 1.82) is 0 Å². The zero-order valence-corrected chi connectivity index (χ0v) is 9.33. The van der Waals surface area contributed by atoms with Crippen LogP contribution in [0, 0.1) is 0 Å². The molecule has 0 aliphatic rings. The summed E-state index contributed by atoms with van der Waals surface area (Å²) in [5.41, 5.74) is 2.47. The third kappa shape index (κ3) is 1.61. The highest BCUT2D eigenvalue weighted by molar-refractivity contribution is 5.69. The number of hydrogen-bond acceptors (Lipinski definition) is 4. The van der Waals surface area contributed by atoms with Crippen LogP contribution >= 0.6 is 0 Å². The first-order valence-electron chi connectivity index (χ1n) is 5.31. The van der Waals surface area contributed by atoms with Gasteiger partial charge in [-0.05, 0) is 12.1 Å². The molecule has 0 amide bonds. The molecule has 84 valence electrons. The molecule has 17 heavy (non-hydrogen) atoms. The van der Waals surface area contributed by atoms with E-state index in [0.717, 1.165) is 22.9 Å². The molecule has 5 heteroatoms. The minimum atomic E-state index is 0.732. The van der Waals surface area contributed by atoms with Crippen molar-refractivity contribution in [2.45, 2.75) is 0 Å².